The standard InChI is InChI=1S/C8H13NO2/c9-7-5-2-1-4(3-5)6(7)8(10)11/h4-7H,1-3,9H2,(H,10,11)/t4?,5-,6-,7+/m0/s1. The van der Waals surface area contributed by atoms with E-state index in [0.29, 0.717) is 11.8 Å². The van der Waals surface area contributed by atoms with Gasteiger partial charge in [0.25, 0.3) is 0 Å². The topological polar surface area (TPSA) is 63.3 Å². The molecule has 0 heterocycles. The number of carbonyl (C=O) groups is 1. The molecule has 3 heteroatoms. The summed E-state index contributed by atoms with van der Waals surface area (Å²) in [4.78, 5) is 10.7. The summed E-state index contributed by atoms with van der Waals surface area (Å²) in [6.07, 6.45) is 3.28. The van der Waals surface area contributed by atoms with Gasteiger partial charge in [-0.15, -0.1) is 0 Å². The number of hydrogen-bond acceptors (Lipinski definition) is 2. The molecule has 0 spiro atoms. The van der Waals surface area contributed by atoms with E-state index in [2.05, 4.69) is 0 Å². The molecule has 1 unspecified atom stereocenters. The first-order valence-corrected chi connectivity index (χ1v) is 4.18. The lowest BCUT2D eigenvalue weighted by Gasteiger charge is -2.23. The lowest BCUT2D eigenvalue weighted by atomic mass is 9.85. The second-order valence-corrected chi connectivity index (χ2v) is 3.77. The normalized spacial score (nSPS) is 48.1. The highest BCUT2D eigenvalue weighted by Gasteiger charge is 2.49. The highest BCUT2D eigenvalue weighted by atomic mass is 16.4. The van der Waals surface area contributed by atoms with Gasteiger partial charge in [0.2, 0.25) is 0 Å². The van der Waals surface area contributed by atoms with Gasteiger partial charge in [-0.1, -0.05) is 0 Å². The minimum atomic E-state index is -0.690. The van der Waals surface area contributed by atoms with Crippen molar-refractivity contribution in [3.63, 3.8) is 0 Å². The summed E-state index contributed by atoms with van der Waals surface area (Å²) in [6, 6.07) is -0.0637. The van der Waals surface area contributed by atoms with E-state index in [1.807, 2.05) is 0 Å². The predicted octanol–water partition coefficient (Wildman–Crippen LogP) is 0.444. The van der Waals surface area contributed by atoms with Crippen LogP contribution in [0.4, 0.5) is 0 Å². The molecule has 62 valence electrons. The molecule has 2 fully saturated rings. The Bertz CT molecular complexity index is 191. The van der Waals surface area contributed by atoms with E-state index in [1.165, 1.54) is 0 Å². The molecule has 11 heavy (non-hydrogen) atoms. The van der Waals surface area contributed by atoms with E-state index in [9.17, 15) is 4.79 Å². The molecule has 0 aromatic carbocycles. The first-order valence-electron chi connectivity index (χ1n) is 4.18. The van der Waals surface area contributed by atoms with Gasteiger partial charge in [-0.05, 0) is 31.1 Å². The summed E-state index contributed by atoms with van der Waals surface area (Å²) < 4.78 is 0. The number of nitrogens with two attached hydrogens (primary N) is 1. The van der Waals surface area contributed by atoms with Gasteiger partial charge < -0.3 is 10.8 Å². The first-order chi connectivity index (χ1) is 5.20. The summed E-state index contributed by atoms with van der Waals surface area (Å²) in [7, 11) is 0. The Balaban J connectivity index is 2.17. The van der Waals surface area contributed by atoms with Crippen LogP contribution in [-0.2, 0) is 4.79 Å². The second kappa shape index (κ2) is 2.21. The zero-order valence-electron chi connectivity index (χ0n) is 6.36. The number of carboxylic acids is 1. The van der Waals surface area contributed by atoms with Crippen molar-refractivity contribution in [1.82, 2.24) is 0 Å². The fourth-order valence-corrected chi connectivity index (χ4v) is 2.70. The molecule has 3 N–H and O–H groups in total. The predicted molar refractivity (Wildman–Crippen MR) is 39.9 cm³/mol. The fourth-order valence-electron chi connectivity index (χ4n) is 2.70. The van der Waals surface area contributed by atoms with Gasteiger partial charge in [-0.2, -0.15) is 0 Å². The summed E-state index contributed by atoms with van der Waals surface area (Å²) in [5.74, 6) is -0.0490. The van der Waals surface area contributed by atoms with Crippen molar-refractivity contribution in [1.29, 1.82) is 0 Å². The minimum absolute atomic E-state index is 0.0637. The molecule has 0 amide bonds. The molecule has 3 nitrogen and oxygen atoms in total. The molecule has 2 aliphatic carbocycles. The van der Waals surface area contributed by atoms with Crippen molar-refractivity contribution in [2.24, 2.45) is 23.5 Å². The van der Waals surface area contributed by atoms with Crippen molar-refractivity contribution in [2.45, 2.75) is 25.3 Å². The van der Waals surface area contributed by atoms with Gasteiger partial charge in [0.05, 0.1) is 5.92 Å². The Labute approximate surface area is 65.6 Å². The zero-order chi connectivity index (χ0) is 8.01. The monoisotopic (exact) mass is 155 g/mol. The average Bonchev–Trinajstić information content (AvgIpc) is 2.44. The third-order valence-corrected chi connectivity index (χ3v) is 3.27. The Hall–Kier alpha value is -0.570. The Morgan fingerprint density at radius 3 is 2.36 bits per heavy atom. The number of aliphatic carboxylic acids is 1. The maximum atomic E-state index is 10.7. The molecular weight excluding hydrogens is 142 g/mol. The van der Waals surface area contributed by atoms with Crippen LogP contribution in [0.3, 0.4) is 0 Å². The highest BCUT2D eigenvalue weighted by Crippen LogP contribution is 2.47. The fraction of sp³-hybridized carbons (Fsp3) is 0.875. The van der Waals surface area contributed by atoms with E-state index in [4.69, 9.17) is 10.8 Å². The third-order valence-electron chi connectivity index (χ3n) is 3.27. The van der Waals surface area contributed by atoms with Crippen LogP contribution in [0, 0.1) is 17.8 Å². The van der Waals surface area contributed by atoms with Gasteiger partial charge >= 0.3 is 5.97 Å². The number of rotatable bonds is 1. The van der Waals surface area contributed by atoms with Crippen molar-refractivity contribution in [2.75, 3.05) is 0 Å². The summed E-state index contributed by atoms with van der Waals surface area (Å²) >= 11 is 0. The van der Waals surface area contributed by atoms with Crippen LogP contribution in [0.15, 0.2) is 0 Å². The first kappa shape index (κ1) is 7.10. The van der Waals surface area contributed by atoms with E-state index >= 15 is 0 Å². The molecule has 0 aliphatic heterocycles. The Morgan fingerprint density at radius 1 is 1.36 bits per heavy atom. The van der Waals surface area contributed by atoms with Crippen LogP contribution in [0.25, 0.3) is 0 Å². The number of hydrogen-bond donors (Lipinski definition) is 2. The molecule has 2 bridgehead atoms. The van der Waals surface area contributed by atoms with Crippen molar-refractivity contribution in [3.05, 3.63) is 0 Å². The molecule has 2 aliphatic rings. The molecule has 0 radical (unpaired) electrons. The van der Waals surface area contributed by atoms with Gasteiger partial charge in [0, 0.05) is 6.04 Å². The molecule has 2 saturated carbocycles. The van der Waals surface area contributed by atoms with E-state index in [1.54, 1.807) is 0 Å². The molecule has 0 saturated heterocycles. The minimum Gasteiger partial charge on any atom is -0.481 e. The van der Waals surface area contributed by atoms with Crippen molar-refractivity contribution < 1.29 is 9.90 Å². The SMILES string of the molecule is N[C@@H]1[C@H]2CCC(C2)[C@@H]1C(=O)O. The zero-order valence-corrected chi connectivity index (χ0v) is 6.36. The maximum absolute atomic E-state index is 10.7. The molecule has 2 rings (SSSR count). The summed E-state index contributed by atoms with van der Waals surface area (Å²) in [6.45, 7) is 0. The molecule has 0 aromatic rings. The van der Waals surface area contributed by atoms with Crippen LogP contribution in [0.1, 0.15) is 19.3 Å². The quantitative estimate of drug-likeness (QED) is 0.577. The van der Waals surface area contributed by atoms with Gasteiger partial charge in [-0.3, -0.25) is 4.79 Å². The summed E-state index contributed by atoms with van der Waals surface area (Å²) in [5.41, 5.74) is 5.78. The third kappa shape index (κ3) is 0.872. The maximum Gasteiger partial charge on any atom is 0.308 e. The van der Waals surface area contributed by atoms with Crippen LogP contribution in [-0.4, -0.2) is 17.1 Å². The summed E-state index contributed by atoms with van der Waals surface area (Å²) in [5, 5.41) is 8.83. The van der Waals surface area contributed by atoms with Gasteiger partial charge in [0.1, 0.15) is 0 Å². The Kier molecular flexibility index (Phi) is 1.42. The van der Waals surface area contributed by atoms with Crippen molar-refractivity contribution in [3.8, 4) is 0 Å². The Morgan fingerprint density at radius 2 is 2.00 bits per heavy atom. The van der Waals surface area contributed by atoms with Crippen LogP contribution in [0.5, 0.6) is 0 Å². The van der Waals surface area contributed by atoms with E-state index in [0.717, 1.165) is 19.3 Å². The van der Waals surface area contributed by atoms with Gasteiger partial charge in [0.15, 0.2) is 0 Å². The lowest BCUT2D eigenvalue weighted by molar-refractivity contribution is -0.144. The van der Waals surface area contributed by atoms with Crippen LogP contribution >= 0.6 is 0 Å². The number of fused-ring (bicyclic) bond motifs is 2. The number of carboxylic acid groups (broad SMARTS) is 1. The van der Waals surface area contributed by atoms with E-state index < -0.39 is 5.97 Å². The molecular formula is C8H13NO2. The molecule has 0 aromatic heterocycles. The largest absolute Gasteiger partial charge is 0.481 e. The average molecular weight is 155 g/mol. The second-order valence-electron chi connectivity index (χ2n) is 3.77. The highest BCUT2D eigenvalue weighted by molar-refractivity contribution is 5.72. The molecule has 4 atom stereocenters. The van der Waals surface area contributed by atoms with Crippen LogP contribution in [0.2, 0.25) is 0 Å². The van der Waals surface area contributed by atoms with Gasteiger partial charge in [-0.25, -0.2) is 0 Å². The smallest absolute Gasteiger partial charge is 0.308 e. The van der Waals surface area contributed by atoms with Crippen LogP contribution < -0.4 is 5.73 Å². The lowest BCUT2D eigenvalue weighted by Crippen LogP contribution is -2.40. The van der Waals surface area contributed by atoms with E-state index in [-0.39, 0.29) is 12.0 Å². The van der Waals surface area contributed by atoms with Crippen molar-refractivity contribution >= 4 is 5.97 Å².